The van der Waals surface area contributed by atoms with Crippen LogP contribution in [0.5, 0.6) is 0 Å². The van der Waals surface area contributed by atoms with Crippen LogP contribution < -0.4 is 5.32 Å². The molecule has 2 heterocycles. The highest BCUT2D eigenvalue weighted by Crippen LogP contribution is 2.13. The highest BCUT2D eigenvalue weighted by Gasteiger charge is 2.20. The molecule has 1 fully saturated rings. The molecule has 1 unspecified atom stereocenters. The number of hydrogen-bond donors (Lipinski definition) is 1. The molecule has 0 bridgehead atoms. The van der Waals surface area contributed by atoms with Gasteiger partial charge in [0.05, 0.1) is 0 Å². The molecule has 1 aromatic rings. The molecule has 1 aliphatic rings. The summed E-state index contributed by atoms with van der Waals surface area (Å²) < 4.78 is 0. The Morgan fingerprint density at radius 3 is 3.06 bits per heavy atom. The van der Waals surface area contributed by atoms with E-state index >= 15 is 0 Å². The van der Waals surface area contributed by atoms with Gasteiger partial charge in [-0.2, -0.15) is 0 Å². The number of nitrogens with one attached hydrogen (secondary N) is 1. The third-order valence-corrected chi connectivity index (χ3v) is 3.86. The SMILES string of the molecule is Cc1ccncc1CN1CCCNC(C(C)C)C1. The molecule has 1 N–H and O–H groups in total. The third-order valence-electron chi connectivity index (χ3n) is 3.86. The monoisotopic (exact) mass is 247 g/mol. The van der Waals surface area contributed by atoms with Crippen LogP contribution in [0.2, 0.25) is 0 Å². The number of nitrogens with zero attached hydrogens (tertiary/aromatic N) is 2. The lowest BCUT2D eigenvalue weighted by atomic mass is 10.0. The van der Waals surface area contributed by atoms with Gasteiger partial charge in [0.2, 0.25) is 0 Å². The average molecular weight is 247 g/mol. The van der Waals surface area contributed by atoms with E-state index in [9.17, 15) is 0 Å². The van der Waals surface area contributed by atoms with Gasteiger partial charge in [0.1, 0.15) is 0 Å². The summed E-state index contributed by atoms with van der Waals surface area (Å²) in [5.41, 5.74) is 2.71. The van der Waals surface area contributed by atoms with Crippen LogP contribution in [0.4, 0.5) is 0 Å². The van der Waals surface area contributed by atoms with Gasteiger partial charge in [0, 0.05) is 31.5 Å². The van der Waals surface area contributed by atoms with Crippen LogP contribution in [0.1, 0.15) is 31.4 Å². The van der Waals surface area contributed by atoms with Crippen molar-refractivity contribution in [2.24, 2.45) is 5.92 Å². The Hall–Kier alpha value is -0.930. The summed E-state index contributed by atoms with van der Waals surface area (Å²) in [6.45, 7) is 11.3. The second-order valence-electron chi connectivity index (χ2n) is 5.70. The topological polar surface area (TPSA) is 28.2 Å². The summed E-state index contributed by atoms with van der Waals surface area (Å²) in [4.78, 5) is 6.81. The van der Waals surface area contributed by atoms with E-state index in [4.69, 9.17) is 0 Å². The van der Waals surface area contributed by atoms with Gasteiger partial charge in [-0.3, -0.25) is 9.88 Å². The molecular formula is C15H25N3. The third kappa shape index (κ3) is 3.53. The summed E-state index contributed by atoms with van der Waals surface area (Å²) in [5, 5.41) is 3.65. The summed E-state index contributed by atoms with van der Waals surface area (Å²) in [6.07, 6.45) is 5.13. The highest BCUT2D eigenvalue weighted by atomic mass is 15.2. The second-order valence-corrected chi connectivity index (χ2v) is 5.70. The zero-order valence-electron chi connectivity index (χ0n) is 11.8. The zero-order chi connectivity index (χ0) is 13.0. The normalized spacial score (nSPS) is 22.1. The van der Waals surface area contributed by atoms with Crippen molar-refractivity contribution in [2.45, 2.75) is 39.8 Å². The number of hydrogen-bond acceptors (Lipinski definition) is 3. The molecule has 0 saturated carbocycles. The Labute approximate surface area is 111 Å². The molecule has 1 aromatic heterocycles. The Morgan fingerprint density at radius 2 is 2.33 bits per heavy atom. The average Bonchev–Trinajstić information content (AvgIpc) is 2.58. The molecule has 0 aliphatic carbocycles. The summed E-state index contributed by atoms with van der Waals surface area (Å²) in [7, 11) is 0. The van der Waals surface area contributed by atoms with E-state index in [0.717, 1.165) is 19.6 Å². The molecule has 3 nitrogen and oxygen atoms in total. The molecule has 1 atom stereocenters. The number of aryl methyl sites for hydroxylation is 1. The van der Waals surface area contributed by atoms with Gasteiger partial charge in [-0.15, -0.1) is 0 Å². The van der Waals surface area contributed by atoms with Crippen LogP contribution >= 0.6 is 0 Å². The summed E-state index contributed by atoms with van der Waals surface area (Å²) in [5.74, 6) is 0.695. The van der Waals surface area contributed by atoms with E-state index in [1.54, 1.807) is 0 Å². The lowest BCUT2D eigenvalue weighted by Crippen LogP contribution is -2.41. The lowest BCUT2D eigenvalue weighted by molar-refractivity contribution is 0.238. The van der Waals surface area contributed by atoms with E-state index in [0.29, 0.717) is 12.0 Å². The number of rotatable bonds is 3. The highest BCUT2D eigenvalue weighted by molar-refractivity contribution is 5.21. The van der Waals surface area contributed by atoms with Crippen LogP contribution in [-0.2, 0) is 6.54 Å². The molecule has 18 heavy (non-hydrogen) atoms. The smallest absolute Gasteiger partial charge is 0.0315 e. The fourth-order valence-corrected chi connectivity index (χ4v) is 2.52. The van der Waals surface area contributed by atoms with Crippen LogP contribution in [-0.4, -0.2) is 35.6 Å². The van der Waals surface area contributed by atoms with Crippen molar-refractivity contribution in [3.05, 3.63) is 29.6 Å². The number of aromatic nitrogens is 1. The van der Waals surface area contributed by atoms with Crippen molar-refractivity contribution in [3.8, 4) is 0 Å². The van der Waals surface area contributed by atoms with Crippen LogP contribution in [0.15, 0.2) is 18.5 Å². The first-order chi connectivity index (χ1) is 8.66. The van der Waals surface area contributed by atoms with Gasteiger partial charge in [-0.05, 0) is 49.5 Å². The molecule has 0 amide bonds. The molecule has 0 aromatic carbocycles. The van der Waals surface area contributed by atoms with Crippen molar-refractivity contribution in [2.75, 3.05) is 19.6 Å². The molecule has 1 saturated heterocycles. The molecule has 1 aliphatic heterocycles. The van der Waals surface area contributed by atoms with Crippen molar-refractivity contribution in [1.82, 2.24) is 15.2 Å². The van der Waals surface area contributed by atoms with Gasteiger partial charge >= 0.3 is 0 Å². The number of pyridine rings is 1. The first-order valence-electron chi connectivity index (χ1n) is 7.02. The van der Waals surface area contributed by atoms with Crippen molar-refractivity contribution >= 4 is 0 Å². The Bertz CT molecular complexity index is 376. The van der Waals surface area contributed by atoms with Gasteiger partial charge < -0.3 is 5.32 Å². The van der Waals surface area contributed by atoms with Crippen molar-refractivity contribution in [1.29, 1.82) is 0 Å². The van der Waals surface area contributed by atoms with E-state index in [1.807, 2.05) is 12.4 Å². The first-order valence-corrected chi connectivity index (χ1v) is 7.02. The first kappa shape index (κ1) is 13.5. The lowest BCUT2D eigenvalue weighted by Gasteiger charge is -2.27. The van der Waals surface area contributed by atoms with Crippen molar-refractivity contribution < 1.29 is 0 Å². The minimum Gasteiger partial charge on any atom is -0.312 e. The minimum absolute atomic E-state index is 0.615. The van der Waals surface area contributed by atoms with Crippen LogP contribution in [0.25, 0.3) is 0 Å². The maximum Gasteiger partial charge on any atom is 0.0315 e. The summed E-state index contributed by atoms with van der Waals surface area (Å²) in [6, 6.07) is 2.72. The van der Waals surface area contributed by atoms with E-state index < -0.39 is 0 Å². The quantitative estimate of drug-likeness (QED) is 0.887. The van der Waals surface area contributed by atoms with Gasteiger partial charge in [0.15, 0.2) is 0 Å². The Morgan fingerprint density at radius 1 is 1.50 bits per heavy atom. The molecule has 0 radical (unpaired) electrons. The van der Waals surface area contributed by atoms with Gasteiger partial charge in [-0.25, -0.2) is 0 Å². The second kappa shape index (κ2) is 6.30. The van der Waals surface area contributed by atoms with E-state index in [2.05, 4.69) is 42.0 Å². The van der Waals surface area contributed by atoms with Gasteiger partial charge in [-0.1, -0.05) is 13.8 Å². The van der Waals surface area contributed by atoms with Crippen LogP contribution in [0.3, 0.4) is 0 Å². The fraction of sp³-hybridized carbons (Fsp3) is 0.667. The molecule has 100 valence electrons. The Kier molecular flexibility index (Phi) is 4.72. The molecule has 3 heteroatoms. The van der Waals surface area contributed by atoms with Crippen molar-refractivity contribution in [3.63, 3.8) is 0 Å². The maximum atomic E-state index is 4.25. The fourth-order valence-electron chi connectivity index (χ4n) is 2.52. The Balaban J connectivity index is 2.01. The van der Waals surface area contributed by atoms with E-state index in [-0.39, 0.29) is 0 Å². The molecule has 2 rings (SSSR count). The van der Waals surface area contributed by atoms with Gasteiger partial charge in [0.25, 0.3) is 0 Å². The largest absolute Gasteiger partial charge is 0.312 e. The maximum absolute atomic E-state index is 4.25. The summed E-state index contributed by atoms with van der Waals surface area (Å²) >= 11 is 0. The predicted molar refractivity (Wildman–Crippen MR) is 75.5 cm³/mol. The van der Waals surface area contributed by atoms with Crippen LogP contribution in [0, 0.1) is 12.8 Å². The minimum atomic E-state index is 0.615. The predicted octanol–water partition coefficient (Wildman–Crippen LogP) is 2.21. The molecular weight excluding hydrogens is 222 g/mol. The van der Waals surface area contributed by atoms with E-state index in [1.165, 1.54) is 24.1 Å². The zero-order valence-corrected chi connectivity index (χ0v) is 11.8. The standard InChI is InChI=1S/C15H25N3/c1-12(2)15-11-18(8-4-6-17-15)10-14-9-16-7-5-13(14)3/h5,7,9,12,15,17H,4,6,8,10-11H2,1-3H3. The molecule has 0 spiro atoms.